The van der Waals surface area contributed by atoms with Crippen LogP contribution in [0.2, 0.25) is 10.0 Å². The van der Waals surface area contributed by atoms with Gasteiger partial charge in [-0.25, -0.2) is 23.4 Å². The van der Waals surface area contributed by atoms with Crippen LogP contribution in [0.15, 0.2) is 48.8 Å². The van der Waals surface area contributed by atoms with Crippen molar-refractivity contribution in [3.05, 3.63) is 70.2 Å². The van der Waals surface area contributed by atoms with Gasteiger partial charge in [-0.2, -0.15) is 0 Å². The quantitative estimate of drug-likeness (QED) is 0.316. The molecule has 0 unspecified atom stereocenters. The minimum atomic E-state index is -4.10. The second-order valence-electron chi connectivity index (χ2n) is 8.00. The topological polar surface area (TPSA) is 134 Å². The zero-order valence-electron chi connectivity index (χ0n) is 20.3. The average Bonchev–Trinajstić information content (AvgIpc) is 3.27. The molecule has 0 aliphatic carbocycles. The molecule has 4 rings (SSSR count). The summed E-state index contributed by atoms with van der Waals surface area (Å²) in [5.41, 5.74) is 1.63. The second kappa shape index (κ2) is 11.0. The van der Waals surface area contributed by atoms with Crippen LogP contribution in [0, 0.1) is 6.92 Å². The number of methoxy groups -OCH3 is 2. The Labute approximate surface area is 223 Å². The van der Waals surface area contributed by atoms with E-state index in [0.29, 0.717) is 27.3 Å². The number of hydrogen-bond donors (Lipinski definition) is 1. The molecule has 0 saturated carbocycles. The molecule has 194 valence electrons. The number of halogens is 2. The number of aryl methyl sites for hydroxylation is 1. The summed E-state index contributed by atoms with van der Waals surface area (Å²) in [6.07, 6.45) is 2.23. The predicted molar refractivity (Wildman–Crippen MR) is 140 cm³/mol. The van der Waals surface area contributed by atoms with E-state index in [9.17, 15) is 8.42 Å². The van der Waals surface area contributed by atoms with Crippen LogP contribution in [0.5, 0.6) is 5.88 Å². The lowest BCUT2D eigenvalue weighted by Crippen LogP contribution is -2.33. The zero-order chi connectivity index (χ0) is 26.7. The summed E-state index contributed by atoms with van der Waals surface area (Å²) < 4.78 is 41.6. The van der Waals surface area contributed by atoms with Crippen molar-refractivity contribution >= 4 is 39.2 Å². The van der Waals surface area contributed by atoms with E-state index in [0.717, 1.165) is 5.56 Å². The highest BCUT2D eigenvalue weighted by Crippen LogP contribution is 2.31. The molecule has 0 spiro atoms. The molecular formula is C23H23Cl2N7O4S. The maximum atomic E-state index is 13.5. The molecule has 2 atom stereocenters. The summed E-state index contributed by atoms with van der Waals surface area (Å²) in [5.74, 6) is 0.695. The van der Waals surface area contributed by atoms with E-state index in [4.69, 9.17) is 32.7 Å². The molecule has 3 aromatic heterocycles. The van der Waals surface area contributed by atoms with Crippen LogP contribution in [0.3, 0.4) is 0 Å². The second-order valence-corrected chi connectivity index (χ2v) is 10.9. The Bertz CT molecular complexity index is 1490. The number of benzene rings is 1. The number of nitrogens with one attached hydrogen (secondary N) is 1. The molecular weight excluding hydrogens is 541 g/mol. The molecule has 3 heterocycles. The molecule has 0 aliphatic heterocycles. The van der Waals surface area contributed by atoms with Crippen LogP contribution >= 0.6 is 23.2 Å². The SMILES string of the molecule is COc1cccc(-c2nnc(NS(=O)(=O)[C@@H](C)[C@H](OC)c3ncc(C)cn3)n2-c2cc(Cl)cc(Cl)c2)n1. The number of ether oxygens (including phenoxy) is 2. The van der Waals surface area contributed by atoms with E-state index in [1.54, 1.807) is 48.8 Å². The number of anilines is 1. The highest BCUT2D eigenvalue weighted by molar-refractivity contribution is 7.93. The molecule has 0 bridgehead atoms. The van der Waals surface area contributed by atoms with Crippen molar-refractivity contribution < 1.29 is 17.9 Å². The smallest absolute Gasteiger partial charge is 0.243 e. The van der Waals surface area contributed by atoms with Gasteiger partial charge >= 0.3 is 0 Å². The normalized spacial score (nSPS) is 13.2. The first-order chi connectivity index (χ1) is 17.6. The predicted octanol–water partition coefficient (Wildman–Crippen LogP) is 4.26. The van der Waals surface area contributed by atoms with Gasteiger partial charge in [0.25, 0.3) is 0 Å². The number of hydrogen-bond acceptors (Lipinski definition) is 9. The van der Waals surface area contributed by atoms with Crippen molar-refractivity contribution in [2.45, 2.75) is 25.2 Å². The van der Waals surface area contributed by atoms with Crippen LogP contribution in [0.4, 0.5) is 5.95 Å². The van der Waals surface area contributed by atoms with Crippen LogP contribution in [0.25, 0.3) is 17.2 Å². The van der Waals surface area contributed by atoms with Gasteiger partial charge < -0.3 is 9.47 Å². The maximum absolute atomic E-state index is 13.5. The van der Waals surface area contributed by atoms with Crippen molar-refractivity contribution in [3.63, 3.8) is 0 Å². The maximum Gasteiger partial charge on any atom is 0.243 e. The van der Waals surface area contributed by atoms with Gasteiger partial charge in [-0.15, -0.1) is 10.2 Å². The van der Waals surface area contributed by atoms with Gasteiger partial charge in [0.15, 0.2) is 11.6 Å². The fourth-order valence-corrected chi connectivity index (χ4v) is 5.17. The minimum Gasteiger partial charge on any atom is -0.481 e. The van der Waals surface area contributed by atoms with Gasteiger partial charge in [-0.3, -0.25) is 9.29 Å². The molecule has 0 aliphatic rings. The molecule has 1 N–H and O–H groups in total. The molecule has 1 aromatic carbocycles. The Morgan fingerprint density at radius 3 is 2.32 bits per heavy atom. The molecule has 11 nitrogen and oxygen atoms in total. The van der Waals surface area contributed by atoms with Crippen molar-refractivity contribution in [1.82, 2.24) is 29.7 Å². The third kappa shape index (κ3) is 5.82. The van der Waals surface area contributed by atoms with Gasteiger partial charge in [0, 0.05) is 35.6 Å². The van der Waals surface area contributed by atoms with Crippen LogP contribution in [0.1, 0.15) is 24.4 Å². The van der Waals surface area contributed by atoms with Gasteiger partial charge in [0.1, 0.15) is 17.0 Å². The van der Waals surface area contributed by atoms with Crippen molar-refractivity contribution in [1.29, 1.82) is 0 Å². The Balaban J connectivity index is 1.79. The molecule has 4 aromatic rings. The lowest BCUT2D eigenvalue weighted by molar-refractivity contribution is 0.0949. The summed E-state index contributed by atoms with van der Waals surface area (Å²) in [6, 6.07) is 9.83. The first kappa shape index (κ1) is 26.7. The van der Waals surface area contributed by atoms with Crippen LogP contribution in [-0.4, -0.2) is 57.6 Å². The summed E-state index contributed by atoms with van der Waals surface area (Å²) in [5, 5.41) is 7.86. The minimum absolute atomic E-state index is 0.107. The van der Waals surface area contributed by atoms with Crippen molar-refractivity contribution in [2.75, 3.05) is 18.9 Å². The number of rotatable bonds is 9. The number of nitrogens with zero attached hydrogens (tertiary/aromatic N) is 6. The fourth-order valence-electron chi connectivity index (χ4n) is 3.52. The molecule has 14 heteroatoms. The summed E-state index contributed by atoms with van der Waals surface area (Å²) in [4.78, 5) is 12.8. The van der Waals surface area contributed by atoms with Crippen LogP contribution in [-0.2, 0) is 14.8 Å². The summed E-state index contributed by atoms with van der Waals surface area (Å²) in [6.45, 7) is 3.32. The van der Waals surface area contributed by atoms with Gasteiger partial charge in [-0.1, -0.05) is 29.3 Å². The zero-order valence-corrected chi connectivity index (χ0v) is 22.6. The molecule has 37 heavy (non-hydrogen) atoms. The average molecular weight is 564 g/mol. The van der Waals surface area contributed by atoms with Crippen LogP contribution < -0.4 is 9.46 Å². The van der Waals surface area contributed by atoms with Crippen molar-refractivity contribution in [3.8, 4) is 23.1 Å². The third-order valence-electron chi connectivity index (χ3n) is 5.39. The Hall–Kier alpha value is -3.32. The first-order valence-electron chi connectivity index (χ1n) is 10.9. The van der Waals surface area contributed by atoms with E-state index >= 15 is 0 Å². The van der Waals surface area contributed by atoms with Gasteiger partial charge in [0.05, 0.1) is 12.8 Å². The Kier molecular flexibility index (Phi) is 7.93. The Morgan fingerprint density at radius 1 is 1.03 bits per heavy atom. The molecule has 0 amide bonds. The largest absolute Gasteiger partial charge is 0.481 e. The molecule has 0 radical (unpaired) electrons. The first-order valence-corrected chi connectivity index (χ1v) is 13.2. The number of sulfonamides is 1. The van der Waals surface area contributed by atoms with E-state index < -0.39 is 21.4 Å². The van der Waals surface area contributed by atoms with E-state index in [1.165, 1.54) is 25.7 Å². The molecule has 0 saturated heterocycles. The van der Waals surface area contributed by atoms with E-state index in [1.807, 2.05) is 6.92 Å². The van der Waals surface area contributed by atoms with Gasteiger partial charge in [0.2, 0.25) is 21.9 Å². The number of pyridine rings is 1. The molecule has 0 fully saturated rings. The monoisotopic (exact) mass is 563 g/mol. The van der Waals surface area contributed by atoms with Gasteiger partial charge in [-0.05, 0) is 43.7 Å². The van der Waals surface area contributed by atoms with Crippen molar-refractivity contribution in [2.24, 2.45) is 0 Å². The summed E-state index contributed by atoms with van der Waals surface area (Å²) >= 11 is 12.5. The lowest BCUT2D eigenvalue weighted by atomic mass is 10.2. The van der Waals surface area contributed by atoms with E-state index in [-0.39, 0.29) is 17.6 Å². The highest BCUT2D eigenvalue weighted by atomic mass is 35.5. The summed E-state index contributed by atoms with van der Waals surface area (Å²) in [7, 11) is -1.23. The standard InChI is InChI=1S/C23H23Cl2N7O4S/c1-13-11-26-21(27-12-13)20(36-4)14(2)37(33,34)31-23-30-29-22(18-6-5-7-19(28-18)35-3)32(23)17-9-15(24)8-16(25)10-17/h5-12,14,20H,1-4H3,(H,30,31)/t14-,20-/m0/s1. The number of aromatic nitrogens is 6. The third-order valence-corrected chi connectivity index (χ3v) is 7.52. The lowest BCUT2D eigenvalue weighted by Gasteiger charge is -2.22. The Morgan fingerprint density at radius 2 is 1.70 bits per heavy atom. The highest BCUT2D eigenvalue weighted by Gasteiger charge is 2.34. The van der Waals surface area contributed by atoms with E-state index in [2.05, 4.69) is 29.9 Å². The fraction of sp³-hybridized carbons (Fsp3) is 0.261.